The van der Waals surface area contributed by atoms with Crippen molar-refractivity contribution in [1.82, 2.24) is 15.6 Å². The number of aromatic nitrogens is 1. The molecule has 126 valence electrons. The van der Waals surface area contributed by atoms with Crippen LogP contribution in [-0.2, 0) is 11.8 Å². The van der Waals surface area contributed by atoms with Crippen molar-refractivity contribution in [3.63, 3.8) is 0 Å². The first-order valence-corrected chi connectivity index (χ1v) is 9.12. The molecule has 1 aliphatic rings. The Bertz CT molecular complexity index is 696. The molecule has 24 heavy (non-hydrogen) atoms. The van der Waals surface area contributed by atoms with Crippen LogP contribution in [0.1, 0.15) is 24.1 Å². The lowest BCUT2D eigenvalue weighted by atomic mass is 9.96. The topological polar surface area (TPSA) is 49.3 Å². The molecule has 0 unspecified atom stereocenters. The molecule has 1 aliphatic carbocycles. The maximum absolute atomic E-state index is 4.34. The van der Waals surface area contributed by atoms with E-state index in [0.717, 1.165) is 35.6 Å². The summed E-state index contributed by atoms with van der Waals surface area (Å²) in [6, 6.07) is 14.6. The van der Waals surface area contributed by atoms with Crippen molar-refractivity contribution >= 4 is 21.9 Å². The van der Waals surface area contributed by atoms with Crippen LogP contribution in [0.5, 0.6) is 0 Å². The summed E-state index contributed by atoms with van der Waals surface area (Å²) >= 11 is 3.57. The second kappa shape index (κ2) is 7.79. The highest BCUT2D eigenvalue weighted by atomic mass is 79.9. The lowest BCUT2D eigenvalue weighted by Crippen LogP contribution is -2.42. The van der Waals surface area contributed by atoms with Gasteiger partial charge in [0.25, 0.3) is 0 Å². The van der Waals surface area contributed by atoms with E-state index in [-0.39, 0.29) is 5.41 Å². The molecule has 1 aromatic carbocycles. The molecule has 0 bridgehead atoms. The van der Waals surface area contributed by atoms with E-state index in [1.807, 2.05) is 31.4 Å². The van der Waals surface area contributed by atoms with Crippen LogP contribution in [0.3, 0.4) is 0 Å². The number of hydrogen-bond acceptors (Lipinski definition) is 2. The number of halogens is 1. The maximum Gasteiger partial charge on any atom is 0.191 e. The largest absolute Gasteiger partial charge is 0.356 e. The molecular formula is C19H23BrN4. The lowest BCUT2D eigenvalue weighted by molar-refractivity contribution is 0.644. The van der Waals surface area contributed by atoms with Crippen LogP contribution < -0.4 is 10.6 Å². The smallest absolute Gasteiger partial charge is 0.191 e. The van der Waals surface area contributed by atoms with E-state index in [1.165, 1.54) is 18.4 Å². The SMILES string of the molecule is CN=C(NCCc1ccccn1)NCC1(c2cccc(Br)c2)CC1. The van der Waals surface area contributed by atoms with Crippen molar-refractivity contribution < 1.29 is 0 Å². The minimum absolute atomic E-state index is 0.252. The molecule has 0 saturated heterocycles. The van der Waals surface area contributed by atoms with Crippen molar-refractivity contribution in [1.29, 1.82) is 0 Å². The quantitative estimate of drug-likeness (QED) is 0.591. The number of benzene rings is 1. The van der Waals surface area contributed by atoms with Crippen molar-refractivity contribution in [2.24, 2.45) is 4.99 Å². The van der Waals surface area contributed by atoms with Crippen LogP contribution in [-0.4, -0.2) is 31.1 Å². The monoisotopic (exact) mass is 386 g/mol. The first-order chi connectivity index (χ1) is 11.7. The number of guanidine groups is 1. The molecule has 0 atom stereocenters. The predicted octanol–water partition coefficient (Wildman–Crippen LogP) is 3.28. The van der Waals surface area contributed by atoms with Crippen LogP contribution >= 0.6 is 15.9 Å². The van der Waals surface area contributed by atoms with Gasteiger partial charge in [0.05, 0.1) is 0 Å². The molecule has 4 nitrogen and oxygen atoms in total. The van der Waals surface area contributed by atoms with Gasteiger partial charge in [-0.3, -0.25) is 9.98 Å². The lowest BCUT2D eigenvalue weighted by Gasteiger charge is -2.19. The Hall–Kier alpha value is -1.88. The molecule has 0 amide bonds. The first-order valence-electron chi connectivity index (χ1n) is 8.32. The summed E-state index contributed by atoms with van der Waals surface area (Å²) in [4.78, 5) is 8.67. The Kier molecular flexibility index (Phi) is 5.51. The normalized spacial score (nSPS) is 15.8. The van der Waals surface area contributed by atoms with Crippen molar-refractivity contribution in [3.05, 3.63) is 64.4 Å². The average Bonchev–Trinajstić information content (AvgIpc) is 3.40. The van der Waals surface area contributed by atoms with Crippen molar-refractivity contribution in [2.75, 3.05) is 20.1 Å². The molecule has 1 saturated carbocycles. The van der Waals surface area contributed by atoms with Crippen molar-refractivity contribution in [2.45, 2.75) is 24.7 Å². The maximum atomic E-state index is 4.34. The van der Waals surface area contributed by atoms with Gasteiger partial charge in [0.15, 0.2) is 5.96 Å². The van der Waals surface area contributed by atoms with Gasteiger partial charge in [-0.25, -0.2) is 0 Å². The number of nitrogens with zero attached hydrogens (tertiary/aromatic N) is 2. The fourth-order valence-corrected chi connectivity index (χ4v) is 3.26. The molecule has 1 heterocycles. The molecule has 1 aromatic heterocycles. The van der Waals surface area contributed by atoms with Gasteiger partial charge in [0, 0.05) is 48.3 Å². The zero-order valence-electron chi connectivity index (χ0n) is 13.9. The number of pyridine rings is 1. The fourth-order valence-electron chi connectivity index (χ4n) is 2.87. The molecule has 0 aliphatic heterocycles. The third kappa shape index (κ3) is 4.35. The summed E-state index contributed by atoms with van der Waals surface area (Å²) in [5.41, 5.74) is 2.74. The van der Waals surface area contributed by atoms with E-state index < -0.39 is 0 Å². The van der Waals surface area contributed by atoms with Gasteiger partial charge in [0.1, 0.15) is 0 Å². The van der Waals surface area contributed by atoms with Gasteiger partial charge in [-0.15, -0.1) is 0 Å². The molecular weight excluding hydrogens is 364 g/mol. The summed E-state index contributed by atoms with van der Waals surface area (Å²) < 4.78 is 1.14. The highest BCUT2D eigenvalue weighted by Crippen LogP contribution is 2.48. The van der Waals surface area contributed by atoms with E-state index in [9.17, 15) is 0 Å². The Balaban J connectivity index is 1.49. The van der Waals surface area contributed by atoms with Gasteiger partial charge < -0.3 is 10.6 Å². The number of nitrogens with one attached hydrogen (secondary N) is 2. The van der Waals surface area contributed by atoms with Gasteiger partial charge in [-0.05, 0) is 42.7 Å². The molecule has 5 heteroatoms. The number of aliphatic imine (C=N–C) groups is 1. The van der Waals surface area contributed by atoms with Crippen LogP contribution in [0.25, 0.3) is 0 Å². The van der Waals surface area contributed by atoms with Gasteiger partial charge >= 0.3 is 0 Å². The highest BCUT2D eigenvalue weighted by molar-refractivity contribution is 9.10. The van der Waals surface area contributed by atoms with E-state index in [2.05, 4.69) is 60.8 Å². The van der Waals surface area contributed by atoms with Crippen LogP contribution in [0.2, 0.25) is 0 Å². The third-order valence-electron chi connectivity index (χ3n) is 4.51. The zero-order chi connectivity index (χ0) is 16.8. The summed E-state index contributed by atoms with van der Waals surface area (Å²) in [5.74, 6) is 0.854. The van der Waals surface area contributed by atoms with Crippen LogP contribution in [0.4, 0.5) is 0 Å². The molecule has 1 fully saturated rings. The van der Waals surface area contributed by atoms with E-state index in [4.69, 9.17) is 0 Å². The Morgan fingerprint density at radius 2 is 2.08 bits per heavy atom. The summed E-state index contributed by atoms with van der Waals surface area (Å²) in [6.07, 6.45) is 5.17. The third-order valence-corrected chi connectivity index (χ3v) is 5.00. The molecule has 2 aromatic rings. The van der Waals surface area contributed by atoms with Crippen LogP contribution in [0, 0.1) is 0 Å². The van der Waals surface area contributed by atoms with Gasteiger partial charge in [0.2, 0.25) is 0 Å². The predicted molar refractivity (Wildman–Crippen MR) is 102 cm³/mol. The molecule has 0 spiro atoms. The second-order valence-corrected chi connectivity index (χ2v) is 7.13. The number of hydrogen-bond donors (Lipinski definition) is 2. The van der Waals surface area contributed by atoms with Gasteiger partial charge in [-0.1, -0.05) is 34.1 Å². The van der Waals surface area contributed by atoms with Crippen molar-refractivity contribution in [3.8, 4) is 0 Å². The molecule has 2 N–H and O–H groups in total. The zero-order valence-corrected chi connectivity index (χ0v) is 15.5. The van der Waals surface area contributed by atoms with E-state index in [0.29, 0.717) is 0 Å². The first kappa shape index (κ1) is 17.0. The summed E-state index contributed by atoms with van der Waals surface area (Å²) in [7, 11) is 1.81. The Morgan fingerprint density at radius 3 is 2.75 bits per heavy atom. The van der Waals surface area contributed by atoms with E-state index in [1.54, 1.807) is 0 Å². The Labute approximate surface area is 151 Å². The minimum Gasteiger partial charge on any atom is -0.356 e. The fraction of sp³-hybridized carbons (Fsp3) is 0.368. The standard InChI is InChI=1S/C19H23BrN4/c1-21-18(23-12-8-17-7-2-3-11-22-17)24-14-19(9-10-19)15-5-4-6-16(20)13-15/h2-7,11,13H,8-10,12,14H2,1H3,(H2,21,23,24). The molecule has 0 radical (unpaired) electrons. The highest BCUT2D eigenvalue weighted by Gasteiger charge is 2.44. The Morgan fingerprint density at radius 1 is 1.21 bits per heavy atom. The summed E-state index contributed by atoms with van der Waals surface area (Å²) in [6.45, 7) is 1.73. The second-order valence-electron chi connectivity index (χ2n) is 6.21. The van der Waals surface area contributed by atoms with Crippen LogP contribution in [0.15, 0.2) is 58.1 Å². The number of rotatable bonds is 6. The minimum atomic E-state index is 0.252. The average molecular weight is 387 g/mol. The molecule has 3 rings (SSSR count). The summed E-state index contributed by atoms with van der Waals surface area (Å²) in [5, 5.41) is 6.85. The van der Waals surface area contributed by atoms with Gasteiger partial charge in [-0.2, -0.15) is 0 Å². The van der Waals surface area contributed by atoms with E-state index >= 15 is 0 Å².